The standard InChI is InChI=1S/C21H27N3O3/c1-4-13-27-18-8-6-5-7-17(18)15-24-21(22)23-12-11-16-9-10-19(25-2)20(14-16)26-3/h4-10,14H,1,11-13,15H2,2-3H3,(H3,22,23,24). The summed E-state index contributed by atoms with van der Waals surface area (Å²) in [4.78, 5) is 4.39. The number of hydrogen-bond acceptors (Lipinski definition) is 4. The van der Waals surface area contributed by atoms with E-state index in [1.165, 1.54) is 0 Å². The van der Waals surface area contributed by atoms with Crippen LogP contribution in [0.3, 0.4) is 0 Å². The van der Waals surface area contributed by atoms with Crippen LogP contribution in [0.5, 0.6) is 17.2 Å². The maximum atomic E-state index is 5.97. The minimum atomic E-state index is 0.397. The first-order valence-electron chi connectivity index (χ1n) is 8.74. The number of rotatable bonds is 10. The lowest BCUT2D eigenvalue weighted by Gasteiger charge is -2.11. The Bertz CT molecular complexity index is 775. The maximum absolute atomic E-state index is 5.97. The van der Waals surface area contributed by atoms with Gasteiger partial charge in [-0.3, -0.25) is 0 Å². The second-order valence-corrected chi connectivity index (χ2v) is 5.77. The molecule has 144 valence electrons. The van der Waals surface area contributed by atoms with Gasteiger partial charge in [0.1, 0.15) is 12.4 Å². The Hall–Kier alpha value is -3.15. The molecule has 0 amide bonds. The number of para-hydroxylation sites is 1. The molecule has 2 aromatic carbocycles. The predicted molar refractivity (Wildman–Crippen MR) is 109 cm³/mol. The zero-order valence-electron chi connectivity index (χ0n) is 15.9. The van der Waals surface area contributed by atoms with Crippen LogP contribution in [-0.2, 0) is 13.0 Å². The number of ether oxygens (including phenoxy) is 3. The molecule has 0 spiro atoms. The number of aliphatic imine (C=N–C) groups is 1. The molecule has 6 nitrogen and oxygen atoms in total. The van der Waals surface area contributed by atoms with Gasteiger partial charge in [0.15, 0.2) is 17.5 Å². The fourth-order valence-corrected chi connectivity index (χ4v) is 2.52. The van der Waals surface area contributed by atoms with Gasteiger partial charge < -0.3 is 25.3 Å². The largest absolute Gasteiger partial charge is 0.493 e. The zero-order chi connectivity index (χ0) is 19.5. The lowest BCUT2D eigenvalue weighted by atomic mass is 10.1. The Morgan fingerprint density at radius 3 is 2.63 bits per heavy atom. The number of nitrogens with zero attached hydrogens (tertiary/aromatic N) is 1. The number of nitrogens with two attached hydrogens (primary N) is 1. The highest BCUT2D eigenvalue weighted by molar-refractivity contribution is 5.77. The van der Waals surface area contributed by atoms with Crippen molar-refractivity contribution in [2.24, 2.45) is 10.7 Å². The van der Waals surface area contributed by atoms with E-state index in [0.717, 1.165) is 23.3 Å². The molecular formula is C21H27N3O3. The third kappa shape index (κ3) is 6.26. The number of guanidine groups is 1. The summed E-state index contributed by atoms with van der Waals surface area (Å²) in [6.45, 7) is 5.23. The molecule has 0 fully saturated rings. The first-order chi connectivity index (χ1) is 13.2. The van der Waals surface area contributed by atoms with Gasteiger partial charge in [-0.15, -0.1) is 0 Å². The molecule has 0 radical (unpaired) electrons. The number of hydrogen-bond donors (Lipinski definition) is 2. The van der Waals surface area contributed by atoms with Gasteiger partial charge in [-0.2, -0.15) is 0 Å². The Balaban J connectivity index is 1.87. The molecule has 0 saturated carbocycles. The molecule has 2 aromatic rings. The van der Waals surface area contributed by atoms with Crippen LogP contribution in [0.25, 0.3) is 0 Å². The van der Waals surface area contributed by atoms with E-state index in [1.807, 2.05) is 42.5 Å². The highest BCUT2D eigenvalue weighted by atomic mass is 16.5. The summed E-state index contributed by atoms with van der Waals surface area (Å²) in [7, 11) is 3.25. The third-order valence-corrected chi connectivity index (χ3v) is 3.92. The molecule has 27 heavy (non-hydrogen) atoms. The molecule has 0 heterocycles. The molecule has 0 saturated heterocycles. The minimum absolute atomic E-state index is 0.397. The summed E-state index contributed by atoms with van der Waals surface area (Å²) in [5, 5.41) is 3.13. The van der Waals surface area contributed by atoms with Gasteiger partial charge in [-0.25, -0.2) is 4.99 Å². The first-order valence-corrected chi connectivity index (χ1v) is 8.74. The average molecular weight is 369 g/mol. The number of methoxy groups -OCH3 is 2. The van der Waals surface area contributed by atoms with Crippen molar-refractivity contribution in [2.45, 2.75) is 13.0 Å². The molecule has 2 rings (SSSR count). The van der Waals surface area contributed by atoms with E-state index in [-0.39, 0.29) is 0 Å². The predicted octanol–water partition coefficient (Wildman–Crippen LogP) is 2.92. The molecule has 0 atom stereocenters. The van der Waals surface area contributed by atoms with Crippen molar-refractivity contribution >= 4 is 5.96 Å². The van der Waals surface area contributed by atoms with E-state index in [2.05, 4.69) is 16.9 Å². The molecule has 0 unspecified atom stereocenters. The van der Waals surface area contributed by atoms with E-state index in [0.29, 0.717) is 37.2 Å². The van der Waals surface area contributed by atoms with Gasteiger partial charge in [-0.05, 0) is 30.2 Å². The summed E-state index contributed by atoms with van der Waals surface area (Å²) in [6.07, 6.45) is 2.50. The van der Waals surface area contributed by atoms with Crippen LogP contribution in [0.1, 0.15) is 11.1 Å². The molecule has 0 aromatic heterocycles. The van der Waals surface area contributed by atoms with Gasteiger partial charge in [0.2, 0.25) is 0 Å². The Morgan fingerprint density at radius 1 is 1.11 bits per heavy atom. The fourth-order valence-electron chi connectivity index (χ4n) is 2.52. The molecule has 0 aliphatic rings. The van der Waals surface area contributed by atoms with Gasteiger partial charge in [0.25, 0.3) is 0 Å². The van der Waals surface area contributed by atoms with E-state index >= 15 is 0 Å². The van der Waals surface area contributed by atoms with Crippen molar-refractivity contribution in [3.8, 4) is 17.2 Å². The van der Waals surface area contributed by atoms with E-state index in [1.54, 1.807) is 20.3 Å². The van der Waals surface area contributed by atoms with Crippen LogP contribution in [0.4, 0.5) is 0 Å². The summed E-state index contributed by atoms with van der Waals surface area (Å²) in [6, 6.07) is 13.6. The Morgan fingerprint density at radius 2 is 1.89 bits per heavy atom. The van der Waals surface area contributed by atoms with Crippen molar-refractivity contribution in [1.82, 2.24) is 5.32 Å². The highest BCUT2D eigenvalue weighted by Gasteiger charge is 2.05. The van der Waals surface area contributed by atoms with Crippen molar-refractivity contribution < 1.29 is 14.2 Å². The fraction of sp³-hybridized carbons (Fsp3) is 0.286. The van der Waals surface area contributed by atoms with Gasteiger partial charge in [-0.1, -0.05) is 36.9 Å². The third-order valence-electron chi connectivity index (χ3n) is 3.92. The quantitative estimate of drug-likeness (QED) is 0.382. The molecule has 0 bridgehead atoms. The molecular weight excluding hydrogens is 342 g/mol. The highest BCUT2D eigenvalue weighted by Crippen LogP contribution is 2.27. The summed E-state index contributed by atoms with van der Waals surface area (Å²) in [5.74, 6) is 2.62. The summed E-state index contributed by atoms with van der Waals surface area (Å²) < 4.78 is 16.2. The van der Waals surface area contributed by atoms with Crippen molar-refractivity contribution in [3.05, 3.63) is 66.2 Å². The van der Waals surface area contributed by atoms with Crippen LogP contribution < -0.4 is 25.3 Å². The van der Waals surface area contributed by atoms with Crippen molar-refractivity contribution in [3.63, 3.8) is 0 Å². The van der Waals surface area contributed by atoms with E-state index in [4.69, 9.17) is 19.9 Å². The van der Waals surface area contributed by atoms with Crippen LogP contribution in [-0.4, -0.2) is 33.3 Å². The van der Waals surface area contributed by atoms with E-state index in [9.17, 15) is 0 Å². The molecule has 0 aliphatic heterocycles. The molecule has 3 N–H and O–H groups in total. The minimum Gasteiger partial charge on any atom is -0.493 e. The van der Waals surface area contributed by atoms with Crippen molar-refractivity contribution in [2.75, 3.05) is 27.4 Å². The molecule has 6 heteroatoms. The SMILES string of the molecule is C=CCOc1ccccc1CN=C(N)NCCc1ccc(OC)c(OC)c1. The lowest BCUT2D eigenvalue weighted by molar-refractivity contribution is 0.354. The maximum Gasteiger partial charge on any atom is 0.188 e. The number of benzene rings is 2. The second-order valence-electron chi connectivity index (χ2n) is 5.77. The lowest BCUT2D eigenvalue weighted by Crippen LogP contribution is -2.33. The number of nitrogens with one attached hydrogen (secondary N) is 1. The Labute approximate surface area is 160 Å². The summed E-state index contributed by atoms with van der Waals surface area (Å²) >= 11 is 0. The van der Waals surface area contributed by atoms with Gasteiger partial charge in [0.05, 0.1) is 20.8 Å². The van der Waals surface area contributed by atoms with Crippen LogP contribution in [0, 0.1) is 0 Å². The van der Waals surface area contributed by atoms with Crippen molar-refractivity contribution in [1.29, 1.82) is 0 Å². The van der Waals surface area contributed by atoms with Gasteiger partial charge in [0, 0.05) is 12.1 Å². The van der Waals surface area contributed by atoms with E-state index < -0.39 is 0 Å². The zero-order valence-corrected chi connectivity index (χ0v) is 15.9. The Kier molecular flexibility index (Phi) is 8.03. The molecule has 0 aliphatic carbocycles. The van der Waals surface area contributed by atoms with Gasteiger partial charge >= 0.3 is 0 Å². The second kappa shape index (κ2) is 10.8. The van der Waals surface area contributed by atoms with Crippen LogP contribution in [0.15, 0.2) is 60.1 Å². The van der Waals surface area contributed by atoms with Crippen LogP contribution >= 0.6 is 0 Å². The monoisotopic (exact) mass is 369 g/mol. The van der Waals surface area contributed by atoms with Crippen LogP contribution in [0.2, 0.25) is 0 Å². The topological polar surface area (TPSA) is 78.1 Å². The average Bonchev–Trinajstić information content (AvgIpc) is 2.71. The summed E-state index contributed by atoms with van der Waals surface area (Å²) in [5.41, 5.74) is 8.07. The smallest absolute Gasteiger partial charge is 0.188 e. The normalized spacial score (nSPS) is 11.0. The first kappa shape index (κ1) is 20.2.